The summed E-state index contributed by atoms with van der Waals surface area (Å²) in [4.78, 5) is 4.20. The summed E-state index contributed by atoms with van der Waals surface area (Å²) in [6, 6.07) is 5.18. The molecule has 0 aliphatic heterocycles. The van der Waals surface area contributed by atoms with Gasteiger partial charge in [0.1, 0.15) is 0 Å². The van der Waals surface area contributed by atoms with Crippen LogP contribution < -0.4 is 5.32 Å². The molecule has 0 radical (unpaired) electrons. The molecular formula is C16H26N2. The highest BCUT2D eigenvalue weighted by Crippen LogP contribution is 2.26. The third kappa shape index (κ3) is 3.81. The van der Waals surface area contributed by atoms with Crippen molar-refractivity contribution in [2.75, 3.05) is 0 Å². The van der Waals surface area contributed by atoms with Crippen LogP contribution in [0.25, 0.3) is 0 Å². The molecule has 1 N–H and O–H groups in total. The first kappa shape index (κ1) is 13.5. The maximum atomic E-state index is 4.20. The lowest BCUT2D eigenvalue weighted by atomic mass is 9.92. The molecule has 1 aromatic heterocycles. The average Bonchev–Trinajstić information content (AvgIpc) is 2.68. The lowest BCUT2D eigenvalue weighted by Gasteiger charge is -2.27. The molecule has 0 bridgehead atoms. The second-order valence-electron chi connectivity index (χ2n) is 5.72. The van der Waals surface area contributed by atoms with Crippen LogP contribution in [0.5, 0.6) is 0 Å². The second-order valence-corrected chi connectivity index (χ2v) is 5.72. The molecule has 2 heteroatoms. The first-order valence-electron chi connectivity index (χ1n) is 7.43. The summed E-state index contributed by atoms with van der Waals surface area (Å²) in [5.74, 6) is 0.853. The molecule has 18 heavy (non-hydrogen) atoms. The summed E-state index contributed by atoms with van der Waals surface area (Å²) in [5.41, 5.74) is 1.29. The van der Waals surface area contributed by atoms with E-state index in [1.165, 1.54) is 44.1 Å². The third-order valence-corrected chi connectivity index (χ3v) is 4.30. The summed E-state index contributed by atoms with van der Waals surface area (Å²) in [6.07, 6.45) is 12.3. The van der Waals surface area contributed by atoms with Crippen molar-refractivity contribution < 1.29 is 0 Å². The molecule has 1 fully saturated rings. The Labute approximate surface area is 111 Å². The molecule has 2 rings (SSSR count). The molecule has 1 unspecified atom stereocenters. The lowest BCUT2D eigenvalue weighted by Crippen LogP contribution is -2.35. The quantitative estimate of drug-likeness (QED) is 0.809. The number of nitrogens with one attached hydrogen (secondary N) is 1. The Morgan fingerprint density at radius 3 is 2.50 bits per heavy atom. The topological polar surface area (TPSA) is 24.9 Å². The number of hydrogen-bond donors (Lipinski definition) is 1. The van der Waals surface area contributed by atoms with Gasteiger partial charge in [0.15, 0.2) is 0 Å². The van der Waals surface area contributed by atoms with Crippen LogP contribution in [-0.4, -0.2) is 11.0 Å². The van der Waals surface area contributed by atoms with Crippen LogP contribution in [0.4, 0.5) is 0 Å². The molecule has 1 saturated carbocycles. The van der Waals surface area contributed by atoms with Gasteiger partial charge in [-0.1, -0.05) is 31.7 Å². The van der Waals surface area contributed by atoms with E-state index in [4.69, 9.17) is 0 Å². The van der Waals surface area contributed by atoms with Crippen molar-refractivity contribution in [1.29, 1.82) is 0 Å². The summed E-state index contributed by atoms with van der Waals surface area (Å²) in [5, 5.41) is 3.75. The van der Waals surface area contributed by atoms with Crippen molar-refractivity contribution in [1.82, 2.24) is 10.3 Å². The first-order valence-corrected chi connectivity index (χ1v) is 7.43. The van der Waals surface area contributed by atoms with Crippen LogP contribution in [0.2, 0.25) is 0 Å². The van der Waals surface area contributed by atoms with E-state index < -0.39 is 0 Å². The minimum absolute atomic E-state index is 0.400. The molecular weight excluding hydrogens is 220 g/mol. The Balaban J connectivity index is 1.88. The van der Waals surface area contributed by atoms with Gasteiger partial charge in [0.2, 0.25) is 0 Å². The number of aromatic nitrogens is 1. The second kappa shape index (κ2) is 6.89. The Hall–Kier alpha value is -0.890. The molecule has 100 valence electrons. The smallest absolute Gasteiger partial charge is 0.0315 e. The highest BCUT2D eigenvalue weighted by Gasteiger charge is 2.20. The third-order valence-electron chi connectivity index (χ3n) is 4.30. The Morgan fingerprint density at radius 1 is 1.17 bits per heavy atom. The van der Waals surface area contributed by atoms with Gasteiger partial charge in [-0.2, -0.15) is 0 Å². The van der Waals surface area contributed by atoms with Crippen LogP contribution in [0.1, 0.15) is 64.0 Å². The van der Waals surface area contributed by atoms with Gasteiger partial charge in [-0.05, 0) is 44.2 Å². The molecule has 1 heterocycles. The van der Waals surface area contributed by atoms with Gasteiger partial charge in [-0.25, -0.2) is 0 Å². The summed E-state index contributed by atoms with van der Waals surface area (Å²) >= 11 is 0. The molecule has 2 nitrogen and oxygen atoms in total. The van der Waals surface area contributed by atoms with Crippen LogP contribution in [0.3, 0.4) is 0 Å². The number of pyridine rings is 1. The van der Waals surface area contributed by atoms with Gasteiger partial charge in [-0.3, -0.25) is 4.98 Å². The van der Waals surface area contributed by atoms with Crippen LogP contribution >= 0.6 is 0 Å². The normalized spacial score (nSPS) is 21.2. The standard InChI is InChI=1S/C16H26N2/c1-13(15-8-5-3-4-6-9-15)18-14(2)16-10-7-11-17-12-16/h7,10-15,18H,3-6,8-9H2,1-2H3/t13-,14?/m0/s1. The molecule has 1 aromatic rings. The highest BCUT2D eigenvalue weighted by atomic mass is 14.9. The van der Waals surface area contributed by atoms with Gasteiger partial charge in [0.25, 0.3) is 0 Å². The van der Waals surface area contributed by atoms with Crippen molar-refractivity contribution in [3.05, 3.63) is 30.1 Å². The van der Waals surface area contributed by atoms with Crippen molar-refractivity contribution in [2.45, 2.75) is 64.5 Å². The zero-order valence-corrected chi connectivity index (χ0v) is 11.7. The predicted molar refractivity (Wildman–Crippen MR) is 76.4 cm³/mol. The molecule has 0 saturated heterocycles. The van der Waals surface area contributed by atoms with Gasteiger partial charge in [0.05, 0.1) is 0 Å². The molecule has 0 amide bonds. The van der Waals surface area contributed by atoms with Crippen LogP contribution in [-0.2, 0) is 0 Å². The maximum absolute atomic E-state index is 4.20. The SMILES string of the molecule is CC(N[C@@H](C)C1CCCCCC1)c1cccnc1. The average molecular weight is 246 g/mol. The van der Waals surface area contributed by atoms with Crippen molar-refractivity contribution in [3.63, 3.8) is 0 Å². The first-order chi connectivity index (χ1) is 8.77. The van der Waals surface area contributed by atoms with Gasteiger partial charge in [-0.15, -0.1) is 0 Å². The summed E-state index contributed by atoms with van der Waals surface area (Å²) in [7, 11) is 0. The summed E-state index contributed by atoms with van der Waals surface area (Å²) in [6.45, 7) is 4.59. The summed E-state index contributed by atoms with van der Waals surface area (Å²) < 4.78 is 0. The highest BCUT2D eigenvalue weighted by molar-refractivity contribution is 5.13. The minimum Gasteiger partial charge on any atom is -0.307 e. The Morgan fingerprint density at radius 2 is 1.89 bits per heavy atom. The molecule has 2 atom stereocenters. The fraction of sp³-hybridized carbons (Fsp3) is 0.688. The van der Waals surface area contributed by atoms with Crippen molar-refractivity contribution in [3.8, 4) is 0 Å². The van der Waals surface area contributed by atoms with E-state index in [9.17, 15) is 0 Å². The molecule has 0 spiro atoms. The zero-order chi connectivity index (χ0) is 12.8. The van der Waals surface area contributed by atoms with Gasteiger partial charge < -0.3 is 5.32 Å². The van der Waals surface area contributed by atoms with Crippen LogP contribution in [0, 0.1) is 5.92 Å². The van der Waals surface area contributed by atoms with E-state index in [1.54, 1.807) is 0 Å². The Bertz CT molecular complexity index is 328. The Kier molecular flexibility index (Phi) is 5.18. The van der Waals surface area contributed by atoms with Gasteiger partial charge >= 0.3 is 0 Å². The molecule has 0 aromatic carbocycles. The van der Waals surface area contributed by atoms with E-state index in [0.29, 0.717) is 12.1 Å². The number of rotatable bonds is 4. The largest absolute Gasteiger partial charge is 0.307 e. The zero-order valence-electron chi connectivity index (χ0n) is 11.7. The number of nitrogens with zero attached hydrogens (tertiary/aromatic N) is 1. The minimum atomic E-state index is 0.400. The monoisotopic (exact) mass is 246 g/mol. The van der Waals surface area contributed by atoms with E-state index in [0.717, 1.165) is 5.92 Å². The predicted octanol–water partition coefficient (Wildman–Crippen LogP) is 4.09. The van der Waals surface area contributed by atoms with E-state index >= 15 is 0 Å². The van der Waals surface area contributed by atoms with E-state index in [2.05, 4.69) is 30.2 Å². The van der Waals surface area contributed by atoms with Crippen molar-refractivity contribution in [2.24, 2.45) is 5.92 Å². The fourth-order valence-corrected chi connectivity index (χ4v) is 3.07. The maximum Gasteiger partial charge on any atom is 0.0315 e. The lowest BCUT2D eigenvalue weighted by molar-refractivity contribution is 0.316. The molecule has 1 aliphatic rings. The molecule has 1 aliphatic carbocycles. The fourth-order valence-electron chi connectivity index (χ4n) is 3.07. The number of hydrogen-bond acceptors (Lipinski definition) is 2. The van der Waals surface area contributed by atoms with Gasteiger partial charge in [0, 0.05) is 24.5 Å². The van der Waals surface area contributed by atoms with Crippen LogP contribution in [0.15, 0.2) is 24.5 Å². The van der Waals surface area contributed by atoms with Crippen molar-refractivity contribution >= 4 is 0 Å². The van der Waals surface area contributed by atoms with E-state index in [1.807, 2.05) is 18.5 Å². The van der Waals surface area contributed by atoms with E-state index in [-0.39, 0.29) is 0 Å².